The highest BCUT2D eigenvalue weighted by molar-refractivity contribution is 7.47. The van der Waals surface area contributed by atoms with Crippen LogP contribution in [0, 0.1) is 0 Å². The standard InChI is InChI=1S/C67H131N2O7P/c1-7-10-13-16-19-22-25-28-30-32-33-34-35-37-38-41-44-47-50-53-56-59-66(70)68-64(63-75-77(72,73)74-62-61-69(4,5)6)65(58-55-52-49-46-43-40-27-24-21-18-15-12-9-3)76-67(71)60-57-54-51-48-45-42-39-36-31-29-26-23-20-17-14-11-8-2/h29,31,55,58,64-65H,7-28,30,32-54,56-57,59-63H2,1-6H3,(H-,68,70,72,73)/p+1/b31-29+,58-55+. The normalized spacial score (nSPS) is 13.7. The van der Waals surface area contributed by atoms with E-state index < -0.39 is 20.0 Å². The summed E-state index contributed by atoms with van der Waals surface area (Å²) < 4.78 is 30.8. The monoisotopic (exact) mass is 1110 g/mol. The van der Waals surface area contributed by atoms with Gasteiger partial charge in [-0.25, -0.2) is 4.57 Å². The van der Waals surface area contributed by atoms with Crippen molar-refractivity contribution in [3.63, 3.8) is 0 Å². The van der Waals surface area contributed by atoms with Crippen molar-refractivity contribution in [2.75, 3.05) is 40.9 Å². The maximum Gasteiger partial charge on any atom is 0.472 e. The lowest BCUT2D eigenvalue weighted by molar-refractivity contribution is -0.870. The number of unbranched alkanes of at least 4 members (excludes halogenated alkanes) is 44. The minimum atomic E-state index is -4.45. The summed E-state index contributed by atoms with van der Waals surface area (Å²) in [5, 5.41) is 3.07. The van der Waals surface area contributed by atoms with Crippen LogP contribution in [0.25, 0.3) is 0 Å². The van der Waals surface area contributed by atoms with Crippen molar-refractivity contribution < 1.29 is 37.3 Å². The summed E-state index contributed by atoms with van der Waals surface area (Å²) in [5.74, 6) is -0.490. The van der Waals surface area contributed by atoms with E-state index in [1.165, 1.54) is 250 Å². The van der Waals surface area contributed by atoms with E-state index in [0.717, 1.165) is 57.8 Å². The summed E-state index contributed by atoms with van der Waals surface area (Å²) in [5.41, 5.74) is 0. The fourth-order valence-corrected chi connectivity index (χ4v) is 10.9. The molecule has 0 aromatic carbocycles. The molecule has 10 heteroatoms. The van der Waals surface area contributed by atoms with Crippen LogP contribution in [0.1, 0.15) is 342 Å². The molecule has 456 valence electrons. The molecule has 0 heterocycles. The van der Waals surface area contributed by atoms with Crippen LogP contribution in [0.5, 0.6) is 0 Å². The lowest BCUT2D eigenvalue weighted by Crippen LogP contribution is -2.47. The first-order chi connectivity index (χ1) is 37.4. The predicted molar refractivity (Wildman–Crippen MR) is 333 cm³/mol. The summed E-state index contributed by atoms with van der Waals surface area (Å²) in [6.45, 7) is 7.07. The average molecular weight is 1110 g/mol. The summed E-state index contributed by atoms with van der Waals surface area (Å²) in [6.07, 6.45) is 68.9. The molecule has 3 atom stereocenters. The highest BCUT2D eigenvalue weighted by Gasteiger charge is 2.30. The maximum atomic E-state index is 13.6. The summed E-state index contributed by atoms with van der Waals surface area (Å²) in [4.78, 5) is 37.8. The van der Waals surface area contributed by atoms with Gasteiger partial charge >= 0.3 is 13.8 Å². The summed E-state index contributed by atoms with van der Waals surface area (Å²) in [7, 11) is 1.51. The molecule has 9 nitrogen and oxygen atoms in total. The van der Waals surface area contributed by atoms with E-state index in [0.29, 0.717) is 23.9 Å². The lowest BCUT2D eigenvalue weighted by Gasteiger charge is -2.27. The molecule has 0 saturated carbocycles. The quantitative estimate of drug-likeness (QED) is 0.0205. The molecule has 3 unspecified atom stereocenters. The first-order valence-corrected chi connectivity index (χ1v) is 35.2. The van der Waals surface area contributed by atoms with Crippen LogP contribution in [0.15, 0.2) is 24.3 Å². The number of quaternary nitrogens is 1. The molecule has 0 aromatic heterocycles. The van der Waals surface area contributed by atoms with Crippen LogP contribution in [-0.2, 0) is 27.9 Å². The Morgan fingerprint density at radius 3 is 1.10 bits per heavy atom. The third kappa shape index (κ3) is 58.9. The van der Waals surface area contributed by atoms with Gasteiger partial charge in [0.15, 0.2) is 0 Å². The van der Waals surface area contributed by atoms with Gasteiger partial charge in [-0.3, -0.25) is 18.6 Å². The topological polar surface area (TPSA) is 111 Å². The van der Waals surface area contributed by atoms with E-state index in [1.54, 1.807) is 0 Å². The fraction of sp³-hybridized carbons (Fsp3) is 0.910. The Morgan fingerprint density at radius 2 is 0.753 bits per heavy atom. The molecule has 0 aliphatic heterocycles. The van der Waals surface area contributed by atoms with E-state index in [1.807, 2.05) is 33.3 Å². The van der Waals surface area contributed by atoms with Crippen molar-refractivity contribution in [2.24, 2.45) is 0 Å². The zero-order valence-corrected chi connectivity index (χ0v) is 53.1. The second-order valence-electron chi connectivity index (χ2n) is 24.4. The van der Waals surface area contributed by atoms with Crippen LogP contribution < -0.4 is 5.32 Å². The number of rotatable bonds is 62. The second kappa shape index (κ2) is 57.7. The van der Waals surface area contributed by atoms with Crippen LogP contribution in [0.2, 0.25) is 0 Å². The number of amides is 1. The number of allylic oxidation sites excluding steroid dienone is 3. The summed E-state index contributed by atoms with van der Waals surface area (Å²) >= 11 is 0. The second-order valence-corrected chi connectivity index (χ2v) is 25.8. The van der Waals surface area contributed by atoms with E-state index in [2.05, 4.69) is 38.2 Å². The van der Waals surface area contributed by atoms with Crippen molar-refractivity contribution in [2.45, 2.75) is 354 Å². The number of nitrogens with one attached hydrogen (secondary N) is 1. The maximum absolute atomic E-state index is 13.6. The number of hydrogen-bond acceptors (Lipinski definition) is 6. The third-order valence-corrected chi connectivity index (χ3v) is 16.4. The molecule has 0 radical (unpaired) electrons. The molecule has 0 spiro atoms. The van der Waals surface area contributed by atoms with E-state index >= 15 is 0 Å². The Kier molecular flexibility index (Phi) is 56.6. The number of carbonyl (C=O) groups is 2. The Labute approximate surface area is 479 Å². The summed E-state index contributed by atoms with van der Waals surface area (Å²) in [6, 6.07) is -0.845. The zero-order valence-electron chi connectivity index (χ0n) is 52.2. The smallest absolute Gasteiger partial charge is 0.456 e. The first kappa shape index (κ1) is 75.5. The van der Waals surface area contributed by atoms with Gasteiger partial charge in [0.2, 0.25) is 5.91 Å². The number of likely N-dealkylation sites (N-methyl/N-ethyl adjacent to an activating group) is 1. The van der Waals surface area contributed by atoms with Crippen molar-refractivity contribution in [3.8, 4) is 0 Å². The highest BCUT2D eigenvalue weighted by Crippen LogP contribution is 2.43. The molecule has 0 aliphatic rings. The molecular weight excluding hydrogens is 976 g/mol. The Balaban J connectivity index is 5.16. The molecule has 0 aliphatic carbocycles. The molecule has 0 fully saturated rings. The van der Waals surface area contributed by atoms with Gasteiger partial charge in [-0.15, -0.1) is 0 Å². The molecule has 0 bridgehead atoms. The molecule has 0 saturated heterocycles. The first-order valence-electron chi connectivity index (χ1n) is 33.7. The fourth-order valence-electron chi connectivity index (χ4n) is 10.2. The molecule has 0 aromatic rings. The third-order valence-electron chi connectivity index (χ3n) is 15.4. The number of carbonyl (C=O) groups excluding carboxylic acids is 2. The van der Waals surface area contributed by atoms with Crippen molar-refractivity contribution >= 4 is 19.7 Å². The Hall–Kier alpha value is -1.51. The Morgan fingerprint density at radius 1 is 0.442 bits per heavy atom. The van der Waals surface area contributed by atoms with Crippen LogP contribution >= 0.6 is 7.82 Å². The van der Waals surface area contributed by atoms with E-state index in [9.17, 15) is 19.0 Å². The zero-order chi connectivity index (χ0) is 56.4. The predicted octanol–water partition coefficient (Wildman–Crippen LogP) is 20.9. The molecule has 1 amide bonds. The van der Waals surface area contributed by atoms with Crippen LogP contribution in [0.4, 0.5) is 0 Å². The van der Waals surface area contributed by atoms with Gasteiger partial charge in [0, 0.05) is 12.8 Å². The minimum Gasteiger partial charge on any atom is -0.456 e. The number of phosphoric ester groups is 1. The van der Waals surface area contributed by atoms with Gasteiger partial charge < -0.3 is 19.4 Å². The van der Waals surface area contributed by atoms with E-state index in [-0.39, 0.29) is 25.1 Å². The lowest BCUT2D eigenvalue weighted by atomic mass is 10.0. The van der Waals surface area contributed by atoms with Gasteiger partial charge in [0.05, 0.1) is 33.8 Å². The van der Waals surface area contributed by atoms with Gasteiger partial charge in [0.25, 0.3) is 0 Å². The largest absolute Gasteiger partial charge is 0.472 e. The number of phosphoric acid groups is 1. The Bertz CT molecular complexity index is 1370. The minimum absolute atomic E-state index is 0.0434. The number of esters is 1. The van der Waals surface area contributed by atoms with Gasteiger partial charge in [-0.1, -0.05) is 296 Å². The van der Waals surface area contributed by atoms with Crippen LogP contribution in [-0.4, -0.2) is 74.3 Å². The van der Waals surface area contributed by atoms with Crippen molar-refractivity contribution in [3.05, 3.63) is 24.3 Å². The number of nitrogens with zero attached hydrogens (tertiary/aromatic N) is 1. The highest BCUT2D eigenvalue weighted by atomic mass is 31.2. The molecular formula is C67H132N2O7P+. The van der Waals surface area contributed by atoms with Crippen LogP contribution in [0.3, 0.4) is 0 Å². The van der Waals surface area contributed by atoms with Gasteiger partial charge in [0.1, 0.15) is 19.3 Å². The van der Waals surface area contributed by atoms with Gasteiger partial charge in [-0.05, 0) is 57.4 Å². The molecule has 0 rings (SSSR count). The van der Waals surface area contributed by atoms with Crippen molar-refractivity contribution in [1.29, 1.82) is 0 Å². The molecule has 2 N–H and O–H groups in total. The SMILES string of the molecule is CCCCCCCC/C=C/CCCCCCCCCC(=O)OC(/C=C/CCCCCCCCCCCCC)C(COP(=O)(O)OCC[N+](C)(C)C)NC(=O)CCCCCCCCCCCCCCCCCCCCCCC. The number of hydrogen-bond donors (Lipinski definition) is 2. The van der Waals surface area contributed by atoms with Crippen molar-refractivity contribution in [1.82, 2.24) is 5.32 Å². The average Bonchev–Trinajstić information content (AvgIpc) is 3.39. The van der Waals surface area contributed by atoms with Gasteiger partial charge in [-0.2, -0.15) is 0 Å². The molecule has 77 heavy (non-hydrogen) atoms. The van der Waals surface area contributed by atoms with E-state index in [4.69, 9.17) is 13.8 Å². The number of ether oxygens (including phenoxy) is 1.